The van der Waals surface area contributed by atoms with Crippen molar-refractivity contribution >= 4 is 0 Å². The van der Waals surface area contributed by atoms with Gasteiger partial charge in [-0.3, -0.25) is 0 Å². The third-order valence-corrected chi connectivity index (χ3v) is 2.89. The van der Waals surface area contributed by atoms with Crippen molar-refractivity contribution in [1.29, 1.82) is 0 Å². The quantitative estimate of drug-likeness (QED) is 0.649. The van der Waals surface area contributed by atoms with Gasteiger partial charge in [0, 0.05) is 0 Å². The van der Waals surface area contributed by atoms with Gasteiger partial charge in [0.15, 0.2) is 0 Å². The summed E-state index contributed by atoms with van der Waals surface area (Å²) in [4.78, 5) is 0. The molecule has 0 unspecified atom stereocenters. The van der Waals surface area contributed by atoms with Crippen LogP contribution in [0.2, 0.25) is 0 Å². The Morgan fingerprint density at radius 3 is 2.23 bits per heavy atom. The molecule has 0 fully saturated rings. The van der Waals surface area contributed by atoms with E-state index < -0.39 is 0 Å². The zero-order chi connectivity index (χ0) is 9.73. The highest BCUT2D eigenvalue weighted by molar-refractivity contribution is 5.14. The summed E-state index contributed by atoms with van der Waals surface area (Å²) in [5.41, 5.74) is 1.96. The number of rotatable bonds is 4. The summed E-state index contributed by atoms with van der Waals surface area (Å²) in [6, 6.07) is 10.7. The Morgan fingerprint density at radius 2 is 1.69 bits per heavy atom. The smallest absolute Gasteiger partial charge is 0.0274 e. The van der Waals surface area contributed by atoms with Gasteiger partial charge in [-0.1, -0.05) is 57.5 Å². The second-order valence-electron chi connectivity index (χ2n) is 4.50. The van der Waals surface area contributed by atoms with Crippen LogP contribution in [-0.4, -0.2) is 0 Å². The first-order chi connectivity index (χ1) is 6.14. The first-order valence-corrected chi connectivity index (χ1v) is 5.18. The maximum absolute atomic E-state index is 2.34. The van der Waals surface area contributed by atoms with Crippen molar-refractivity contribution in [2.75, 3.05) is 0 Å². The van der Waals surface area contributed by atoms with E-state index in [9.17, 15) is 0 Å². The van der Waals surface area contributed by atoms with Gasteiger partial charge in [0.05, 0.1) is 0 Å². The molecule has 1 aromatic carbocycles. The minimum Gasteiger partial charge on any atom is -0.0649 e. The summed E-state index contributed by atoms with van der Waals surface area (Å²) in [7, 11) is 0. The Balaban J connectivity index is 2.44. The van der Waals surface area contributed by atoms with E-state index in [1.807, 2.05) is 0 Å². The molecule has 0 bridgehead atoms. The Hall–Kier alpha value is -0.780. The van der Waals surface area contributed by atoms with Gasteiger partial charge in [-0.15, -0.1) is 0 Å². The standard InChI is InChI=1S/C13H20/c1-4-13(2,3)11-10-12-8-6-5-7-9-12/h5-9H,4,10-11H2,1-3H3. The first kappa shape index (κ1) is 10.3. The van der Waals surface area contributed by atoms with E-state index in [0.717, 1.165) is 0 Å². The molecule has 13 heavy (non-hydrogen) atoms. The molecule has 0 aromatic heterocycles. The van der Waals surface area contributed by atoms with Crippen molar-refractivity contribution in [3.05, 3.63) is 35.9 Å². The zero-order valence-electron chi connectivity index (χ0n) is 9.01. The van der Waals surface area contributed by atoms with Gasteiger partial charge in [-0.05, 0) is 23.8 Å². The van der Waals surface area contributed by atoms with E-state index in [1.54, 1.807) is 0 Å². The maximum Gasteiger partial charge on any atom is -0.0274 e. The Bertz CT molecular complexity index is 233. The van der Waals surface area contributed by atoms with Crippen molar-refractivity contribution in [3.8, 4) is 0 Å². The van der Waals surface area contributed by atoms with Gasteiger partial charge in [-0.25, -0.2) is 0 Å². The molecule has 0 nitrogen and oxygen atoms in total. The van der Waals surface area contributed by atoms with Crippen molar-refractivity contribution in [3.63, 3.8) is 0 Å². The highest BCUT2D eigenvalue weighted by Crippen LogP contribution is 2.26. The van der Waals surface area contributed by atoms with Crippen LogP contribution in [0.3, 0.4) is 0 Å². The van der Waals surface area contributed by atoms with Crippen molar-refractivity contribution < 1.29 is 0 Å². The summed E-state index contributed by atoms with van der Waals surface area (Å²) in [5.74, 6) is 0. The normalized spacial score (nSPS) is 11.6. The molecule has 0 saturated heterocycles. The van der Waals surface area contributed by atoms with Gasteiger partial charge in [-0.2, -0.15) is 0 Å². The van der Waals surface area contributed by atoms with Crippen LogP contribution in [0.5, 0.6) is 0 Å². The van der Waals surface area contributed by atoms with Crippen LogP contribution in [0.4, 0.5) is 0 Å². The van der Waals surface area contributed by atoms with Crippen LogP contribution >= 0.6 is 0 Å². The summed E-state index contributed by atoms with van der Waals surface area (Å²) in [6.07, 6.45) is 3.76. The maximum atomic E-state index is 2.34. The third kappa shape index (κ3) is 3.63. The lowest BCUT2D eigenvalue weighted by Gasteiger charge is -2.22. The topological polar surface area (TPSA) is 0 Å². The molecule has 0 aliphatic carbocycles. The van der Waals surface area contributed by atoms with Crippen molar-refractivity contribution in [1.82, 2.24) is 0 Å². The van der Waals surface area contributed by atoms with Crippen LogP contribution in [0.1, 0.15) is 39.2 Å². The van der Waals surface area contributed by atoms with Crippen LogP contribution < -0.4 is 0 Å². The highest BCUT2D eigenvalue weighted by Gasteiger charge is 2.14. The van der Waals surface area contributed by atoms with E-state index in [0.29, 0.717) is 5.41 Å². The monoisotopic (exact) mass is 176 g/mol. The molecule has 1 rings (SSSR count). The molecule has 0 amide bonds. The molecule has 0 N–H and O–H groups in total. The summed E-state index contributed by atoms with van der Waals surface area (Å²) >= 11 is 0. The average Bonchev–Trinajstić information content (AvgIpc) is 2.17. The highest BCUT2D eigenvalue weighted by atomic mass is 14.2. The second kappa shape index (κ2) is 4.45. The minimum atomic E-state index is 0.496. The molecular formula is C13H20. The molecule has 0 heterocycles. The van der Waals surface area contributed by atoms with E-state index in [1.165, 1.54) is 24.8 Å². The molecule has 0 aliphatic rings. The lowest BCUT2D eigenvalue weighted by atomic mass is 9.84. The molecule has 0 radical (unpaired) electrons. The number of benzene rings is 1. The molecule has 72 valence electrons. The van der Waals surface area contributed by atoms with Gasteiger partial charge in [0.25, 0.3) is 0 Å². The van der Waals surface area contributed by atoms with E-state index in [4.69, 9.17) is 0 Å². The Labute approximate surface area is 82.0 Å². The molecular weight excluding hydrogens is 156 g/mol. The molecule has 0 spiro atoms. The molecule has 0 aliphatic heterocycles. The van der Waals surface area contributed by atoms with Gasteiger partial charge < -0.3 is 0 Å². The van der Waals surface area contributed by atoms with Gasteiger partial charge in [0.1, 0.15) is 0 Å². The van der Waals surface area contributed by atoms with E-state index in [-0.39, 0.29) is 0 Å². The lowest BCUT2D eigenvalue weighted by molar-refractivity contribution is 0.322. The number of hydrogen-bond donors (Lipinski definition) is 0. The third-order valence-electron chi connectivity index (χ3n) is 2.89. The SMILES string of the molecule is CCC(C)(C)CCc1ccccc1. The molecule has 1 aromatic rings. The minimum absolute atomic E-state index is 0.496. The summed E-state index contributed by atoms with van der Waals surface area (Å²) in [5, 5.41) is 0. The van der Waals surface area contributed by atoms with E-state index >= 15 is 0 Å². The van der Waals surface area contributed by atoms with Gasteiger partial charge in [0.2, 0.25) is 0 Å². The average molecular weight is 176 g/mol. The van der Waals surface area contributed by atoms with Crippen LogP contribution in [0, 0.1) is 5.41 Å². The van der Waals surface area contributed by atoms with Crippen molar-refractivity contribution in [2.24, 2.45) is 5.41 Å². The largest absolute Gasteiger partial charge is 0.0649 e. The van der Waals surface area contributed by atoms with E-state index in [2.05, 4.69) is 51.1 Å². The zero-order valence-corrected chi connectivity index (χ0v) is 9.01. The first-order valence-electron chi connectivity index (χ1n) is 5.18. The summed E-state index contributed by atoms with van der Waals surface area (Å²) < 4.78 is 0. The number of hydrogen-bond acceptors (Lipinski definition) is 0. The van der Waals surface area contributed by atoms with Crippen LogP contribution in [0.25, 0.3) is 0 Å². The predicted octanol–water partition coefficient (Wildman–Crippen LogP) is 4.06. The number of aryl methyl sites for hydroxylation is 1. The fraction of sp³-hybridized carbons (Fsp3) is 0.538. The van der Waals surface area contributed by atoms with Crippen molar-refractivity contribution in [2.45, 2.75) is 40.0 Å². The van der Waals surface area contributed by atoms with Gasteiger partial charge >= 0.3 is 0 Å². The fourth-order valence-corrected chi connectivity index (χ4v) is 1.30. The fourth-order valence-electron chi connectivity index (χ4n) is 1.30. The summed E-state index contributed by atoms with van der Waals surface area (Å²) in [6.45, 7) is 6.96. The Morgan fingerprint density at radius 1 is 1.08 bits per heavy atom. The molecule has 0 saturated carbocycles. The van der Waals surface area contributed by atoms with Crippen LogP contribution in [-0.2, 0) is 6.42 Å². The Kier molecular flexibility index (Phi) is 3.53. The molecule has 0 heteroatoms. The lowest BCUT2D eigenvalue weighted by Crippen LogP contribution is -2.10. The second-order valence-corrected chi connectivity index (χ2v) is 4.50. The predicted molar refractivity (Wildman–Crippen MR) is 58.8 cm³/mol. The molecule has 0 atom stereocenters. The van der Waals surface area contributed by atoms with Crippen LogP contribution in [0.15, 0.2) is 30.3 Å².